The first kappa shape index (κ1) is 25.5. The highest BCUT2D eigenvalue weighted by molar-refractivity contribution is 7.88. The van der Waals surface area contributed by atoms with Gasteiger partial charge in [-0.15, -0.1) is 0 Å². The second-order valence-electron chi connectivity index (χ2n) is 9.49. The van der Waals surface area contributed by atoms with Crippen LogP contribution < -0.4 is 8.92 Å². The van der Waals surface area contributed by atoms with Crippen LogP contribution in [0.5, 0.6) is 11.5 Å². The van der Waals surface area contributed by atoms with Gasteiger partial charge in [-0.25, -0.2) is 0 Å². The van der Waals surface area contributed by atoms with Crippen LogP contribution in [0.4, 0.5) is 13.2 Å². The molecule has 6 nitrogen and oxygen atoms in total. The number of hydrogen-bond donors (Lipinski definition) is 0. The third-order valence-corrected chi connectivity index (χ3v) is 7.68. The second kappa shape index (κ2) is 9.98. The summed E-state index contributed by atoms with van der Waals surface area (Å²) in [6.07, 6.45) is 10.2. The topological polar surface area (TPSA) is 68.2 Å². The van der Waals surface area contributed by atoms with Crippen molar-refractivity contribution in [2.45, 2.75) is 50.8 Å². The molecular weight excluding hydrogens is 505 g/mol. The number of aliphatic imine (C=N–C) groups is 1. The van der Waals surface area contributed by atoms with Crippen molar-refractivity contribution in [2.24, 2.45) is 4.99 Å². The van der Waals surface area contributed by atoms with Gasteiger partial charge in [0.25, 0.3) is 0 Å². The van der Waals surface area contributed by atoms with Gasteiger partial charge in [-0.3, -0.25) is 9.89 Å². The van der Waals surface area contributed by atoms with E-state index in [1.807, 2.05) is 42.6 Å². The van der Waals surface area contributed by atoms with Gasteiger partial charge >= 0.3 is 15.6 Å². The molecule has 0 saturated carbocycles. The van der Waals surface area contributed by atoms with Gasteiger partial charge in [0.2, 0.25) is 0 Å². The van der Waals surface area contributed by atoms with Gasteiger partial charge in [-0.1, -0.05) is 24.3 Å². The summed E-state index contributed by atoms with van der Waals surface area (Å²) < 4.78 is 73.2. The lowest BCUT2D eigenvalue weighted by Crippen LogP contribution is -2.32. The Hall–Kier alpha value is -3.11. The third-order valence-electron chi connectivity index (χ3n) is 6.71. The SMILES string of the molecule is Cc1cc2c(c(OS(=O)(=O)C(F)(F)F)c1)C(Oc1ccc3c(c1)CCN(CC1=CC=CCC=N1)C3)CC2. The van der Waals surface area contributed by atoms with Crippen LogP contribution in [-0.4, -0.2) is 38.1 Å². The molecule has 0 aromatic heterocycles. The zero-order chi connectivity index (χ0) is 26.2. The molecule has 37 heavy (non-hydrogen) atoms. The number of hydrogen-bond acceptors (Lipinski definition) is 6. The number of alkyl halides is 3. The first-order valence-electron chi connectivity index (χ1n) is 12.1. The van der Waals surface area contributed by atoms with Crippen LogP contribution in [0.25, 0.3) is 0 Å². The van der Waals surface area contributed by atoms with Crippen LogP contribution >= 0.6 is 0 Å². The van der Waals surface area contributed by atoms with Gasteiger partial charge in [0, 0.05) is 37.8 Å². The molecule has 0 fully saturated rings. The van der Waals surface area contributed by atoms with Crippen molar-refractivity contribution in [2.75, 3.05) is 13.1 Å². The molecule has 0 bridgehead atoms. The first-order valence-corrected chi connectivity index (χ1v) is 13.5. The normalized spacial score (nSPS) is 19.7. The molecule has 0 radical (unpaired) electrons. The molecule has 2 heterocycles. The van der Waals surface area contributed by atoms with Crippen LogP contribution in [0.2, 0.25) is 0 Å². The summed E-state index contributed by atoms with van der Waals surface area (Å²) in [4.78, 5) is 6.85. The van der Waals surface area contributed by atoms with E-state index in [2.05, 4.69) is 20.2 Å². The highest BCUT2D eigenvalue weighted by atomic mass is 32.2. The predicted molar refractivity (Wildman–Crippen MR) is 134 cm³/mol. The Morgan fingerprint density at radius 1 is 1.11 bits per heavy atom. The zero-order valence-electron chi connectivity index (χ0n) is 20.3. The molecule has 5 rings (SSSR count). The van der Waals surface area contributed by atoms with Crippen LogP contribution in [0.15, 0.2) is 59.2 Å². The molecule has 1 atom stereocenters. The Kier molecular flexibility index (Phi) is 6.89. The van der Waals surface area contributed by atoms with Gasteiger partial charge in [0.05, 0.1) is 5.70 Å². The quantitative estimate of drug-likeness (QED) is 0.360. The third kappa shape index (κ3) is 5.60. The van der Waals surface area contributed by atoms with E-state index in [0.29, 0.717) is 29.7 Å². The van der Waals surface area contributed by atoms with E-state index in [0.717, 1.165) is 49.3 Å². The first-order chi connectivity index (χ1) is 17.6. The minimum atomic E-state index is -5.79. The molecule has 2 aromatic carbocycles. The molecule has 1 aliphatic carbocycles. The van der Waals surface area contributed by atoms with E-state index in [1.54, 1.807) is 6.92 Å². The Morgan fingerprint density at radius 3 is 2.76 bits per heavy atom. The molecule has 0 amide bonds. The largest absolute Gasteiger partial charge is 0.534 e. The van der Waals surface area contributed by atoms with Gasteiger partial charge in [-0.2, -0.15) is 21.6 Å². The van der Waals surface area contributed by atoms with Gasteiger partial charge < -0.3 is 8.92 Å². The fourth-order valence-corrected chi connectivity index (χ4v) is 5.48. The number of benzene rings is 2. The van der Waals surface area contributed by atoms with E-state index < -0.39 is 21.7 Å². The molecular formula is C27H27F3N2O4S. The van der Waals surface area contributed by atoms with Gasteiger partial charge in [-0.05, 0) is 72.7 Å². The fraction of sp³-hybridized carbons (Fsp3) is 0.370. The lowest BCUT2D eigenvalue weighted by molar-refractivity contribution is -0.0500. The number of halogens is 3. The molecule has 196 valence electrons. The van der Waals surface area contributed by atoms with Crippen LogP contribution in [0.3, 0.4) is 0 Å². The molecule has 0 saturated heterocycles. The van der Waals surface area contributed by atoms with E-state index in [1.165, 1.54) is 11.6 Å². The van der Waals surface area contributed by atoms with Crippen LogP contribution in [-0.2, 0) is 29.5 Å². The number of fused-ring (bicyclic) bond motifs is 2. The number of aryl methyl sites for hydroxylation is 2. The molecule has 3 aliphatic rings. The number of rotatable bonds is 6. The van der Waals surface area contributed by atoms with Gasteiger partial charge in [0.1, 0.15) is 17.6 Å². The van der Waals surface area contributed by atoms with Crippen LogP contribution in [0, 0.1) is 6.92 Å². The molecule has 0 N–H and O–H groups in total. The van der Waals surface area contributed by atoms with E-state index >= 15 is 0 Å². The summed E-state index contributed by atoms with van der Waals surface area (Å²) in [6, 6.07) is 8.98. The van der Waals surface area contributed by atoms with Crippen molar-refractivity contribution in [3.05, 3.63) is 82.1 Å². The van der Waals surface area contributed by atoms with Crippen LogP contribution in [0.1, 0.15) is 46.8 Å². The van der Waals surface area contributed by atoms with Crippen molar-refractivity contribution >= 4 is 16.3 Å². The highest BCUT2D eigenvalue weighted by Gasteiger charge is 2.49. The predicted octanol–water partition coefficient (Wildman–Crippen LogP) is 5.56. The maximum absolute atomic E-state index is 13.0. The molecule has 2 aliphatic heterocycles. The summed E-state index contributed by atoms with van der Waals surface area (Å²) >= 11 is 0. The van der Waals surface area contributed by atoms with Gasteiger partial charge in [0.15, 0.2) is 0 Å². The lowest BCUT2D eigenvalue weighted by atomic mass is 9.99. The zero-order valence-corrected chi connectivity index (χ0v) is 21.1. The minimum Gasteiger partial charge on any atom is -0.486 e. The number of allylic oxidation sites excluding steroid dienone is 3. The van der Waals surface area contributed by atoms with E-state index in [4.69, 9.17) is 4.74 Å². The van der Waals surface area contributed by atoms with Crippen molar-refractivity contribution in [1.82, 2.24) is 4.90 Å². The monoisotopic (exact) mass is 532 g/mol. The lowest BCUT2D eigenvalue weighted by Gasteiger charge is -2.29. The Balaban J connectivity index is 1.32. The van der Waals surface area contributed by atoms with Crippen molar-refractivity contribution < 1.29 is 30.5 Å². The van der Waals surface area contributed by atoms with Crippen molar-refractivity contribution in [1.29, 1.82) is 0 Å². The van der Waals surface area contributed by atoms with Crippen molar-refractivity contribution in [3.8, 4) is 11.5 Å². The maximum Gasteiger partial charge on any atom is 0.534 e. The smallest absolute Gasteiger partial charge is 0.486 e. The number of nitrogens with zero attached hydrogens (tertiary/aromatic N) is 2. The molecule has 10 heteroatoms. The van der Waals surface area contributed by atoms with Crippen molar-refractivity contribution in [3.63, 3.8) is 0 Å². The molecule has 2 aromatic rings. The Labute approximate surface area is 214 Å². The molecule has 0 spiro atoms. The standard InChI is InChI=1S/C27H27F3N2O4S/c1-18-13-20-7-9-24(26(20)25(14-18)36-37(33,34)27(28,29)30)35-23-8-6-21-16-32(12-10-19(21)15-23)17-22-5-3-2-4-11-31-22/h2-3,5-6,8,11,13-15,24H,4,7,9-10,12,16-17H2,1H3. The van der Waals surface area contributed by atoms with E-state index in [9.17, 15) is 21.6 Å². The summed E-state index contributed by atoms with van der Waals surface area (Å²) in [5, 5.41) is 0. The summed E-state index contributed by atoms with van der Waals surface area (Å²) in [5.41, 5.74) is -0.435. The Bertz CT molecular complexity index is 1400. The number of ether oxygens (including phenoxy) is 1. The second-order valence-corrected chi connectivity index (χ2v) is 11.0. The minimum absolute atomic E-state index is 0.325. The average molecular weight is 533 g/mol. The Morgan fingerprint density at radius 2 is 1.95 bits per heavy atom. The van der Waals surface area contributed by atoms with E-state index in [-0.39, 0.29) is 5.75 Å². The average Bonchev–Trinajstić information content (AvgIpc) is 3.04. The fourth-order valence-electron chi connectivity index (χ4n) is 5.01. The highest BCUT2D eigenvalue weighted by Crippen LogP contribution is 2.43. The maximum atomic E-state index is 13.0. The molecule has 1 unspecified atom stereocenters. The summed E-state index contributed by atoms with van der Waals surface area (Å²) in [6.45, 7) is 4.10. The summed E-state index contributed by atoms with van der Waals surface area (Å²) in [5.74, 6) is 0.269. The summed E-state index contributed by atoms with van der Waals surface area (Å²) in [7, 11) is -5.79.